The number of hydrogen-bond acceptors (Lipinski definition) is 2. The van der Waals surface area contributed by atoms with Crippen LogP contribution >= 0.6 is 0 Å². The van der Waals surface area contributed by atoms with Crippen LogP contribution in [0.1, 0.15) is 57.9 Å². The van der Waals surface area contributed by atoms with Crippen molar-refractivity contribution in [1.82, 2.24) is 0 Å². The highest BCUT2D eigenvalue weighted by Gasteiger charge is 2.33. The standard InChI is InChI=1S/C29H23NO2/c31-28-25-9-3-7-23-8-4-10-26(27(23)25)29(32)30(28)24-17-15-22(16-18-24)21-13-11-20(12-14-21)19-5-1-2-6-19/h3-4,7-19H,1-2,5-6H2. The zero-order chi connectivity index (χ0) is 21.7. The van der Waals surface area contributed by atoms with E-state index >= 15 is 0 Å². The van der Waals surface area contributed by atoms with Crippen LogP contribution < -0.4 is 4.90 Å². The van der Waals surface area contributed by atoms with E-state index in [1.807, 2.05) is 48.5 Å². The fourth-order valence-corrected chi connectivity index (χ4v) is 5.27. The van der Waals surface area contributed by atoms with E-state index in [1.54, 1.807) is 12.1 Å². The third-order valence-electron chi connectivity index (χ3n) is 6.97. The van der Waals surface area contributed by atoms with Crippen molar-refractivity contribution in [2.24, 2.45) is 0 Å². The summed E-state index contributed by atoms with van der Waals surface area (Å²) >= 11 is 0. The largest absolute Gasteiger partial charge is 0.268 e. The molecule has 3 heteroatoms. The minimum atomic E-state index is -0.270. The lowest BCUT2D eigenvalue weighted by atomic mass is 9.93. The van der Waals surface area contributed by atoms with Gasteiger partial charge in [-0.1, -0.05) is 73.5 Å². The van der Waals surface area contributed by atoms with Crippen LogP contribution in [0.15, 0.2) is 84.9 Å². The van der Waals surface area contributed by atoms with Crippen LogP contribution in [0.2, 0.25) is 0 Å². The van der Waals surface area contributed by atoms with Gasteiger partial charge in [0.1, 0.15) is 0 Å². The van der Waals surface area contributed by atoms with Crippen molar-refractivity contribution in [3.8, 4) is 11.1 Å². The molecule has 0 radical (unpaired) electrons. The monoisotopic (exact) mass is 417 g/mol. The van der Waals surface area contributed by atoms with Crippen LogP contribution in [0.25, 0.3) is 21.9 Å². The Morgan fingerprint density at radius 3 is 1.72 bits per heavy atom. The predicted octanol–water partition coefficient (Wildman–Crippen LogP) is 6.97. The summed E-state index contributed by atoms with van der Waals surface area (Å²) in [5.74, 6) is 0.163. The Morgan fingerprint density at radius 1 is 0.625 bits per heavy atom. The Labute approximate surface area is 187 Å². The lowest BCUT2D eigenvalue weighted by Crippen LogP contribution is -2.40. The molecule has 4 aromatic carbocycles. The molecule has 1 aliphatic heterocycles. The van der Waals surface area contributed by atoms with E-state index in [4.69, 9.17) is 0 Å². The molecule has 0 unspecified atom stereocenters. The van der Waals surface area contributed by atoms with E-state index in [-0.39, 0.29) is 11.8 Å². The van der Waals surface area contributed by atoms with Crippen LogP contribution in [0.3, 0.4) is 0 Å². The quantitative estimate of drug-likeness (QED) is 0.338. The molecule has 1 fully saturated rings. The number of benzene rings is 4. The summed E-state index contributed by atoms with van der Waals surface area (Å²) in [5.41, 5.74) is 5.39. The summed E-state index contributed by atoms with van der Waals surface area (Å²) < 4.78 is 0. The highest BCUT2D eigenvalue weighted by atomic mass is 16.2. The third kappa shape index (κ3) is 2.96. The Morgan fingerprint density at radius 2 is 1.16 bits per heavy atom. The van der Waals surface area contributed by atoms with Gasteiger partial charge < -0.3 is 0 Å². The Balaban J connectivity index is 1.32. The maximum absolute atomic E-state index is 13.2. The number of hydrogen-bond donors (Lipinski definition) is 0. The second kappa shape index (κ2) is 7.45. The smallest absolute Gasteiger partial charge is 0.265 e. The van der Waals surface area contributed by atoms with Gasteiger partial charge in [0, 0.05) is 16.5 Å². The zero-order valence-electron chi connectivity index (χ0n) is 17.8. The molecule has 4 aromatic rings. The summed E-state index contributed by atoms with van der Waals surface area (Å²) in [6.45, 7) is 0. The van der Waals surface area contributed by atoms with Gasteiger partial charge >= 0.3 is 0 Å². The fourth-order valence-electron chi connectivity index (χ4n) is 5.27. The van der Waals surface area contributed by atoms with E-state index in [9.17, 15) is 9.59 Å². The second-order valence-electron chi connectivity index (χ2n) is 8.81. The van der Waals surface area contributed by atoms with Gasteiger partial charge in [-0.3, -0.25) is 9.59 Å². The number of carbonyl (C=O) groups excluding carboxylic acids is 2. The molecule has 1 heterocycles. The van der Waals surface area contributed by atoms with E-state index in [0.717, 1.165) is 21.9 Å². The minimum absolute atomic E-state index is 0.270. The number of carbonyl (C=O) groups is 2. The Kier molecular flexibility index (Phi) is 4.43. The lowest BCUT2D eigenvalue weighted by molar-refractivity contribution is 0.0893. The van der Waals surface area contributed by atoms with Gasteiger partial charge in [-0.05, 0) is 65.1 Å². The van der Waals surface area contributed by atoms with Crippen molar-refractivity contribution in [3.63, 3.8) is 0 Å². The van der Waals surface area contributed by atoms with Crippen molar-refractivity contribution >= 4 is 28.3 Å². The first-order chi connectivity index (χ1) is 15.7. The minimum Gasteiger partial charge on any atom is -0.268 e. The van der Waals surface area contributed by atoms with Gasteiger partial charge in [-0.15, -0.1) is 0 Å². The first-order valence-corrected chi connectivity index (χ1v) is 11.3. The van der Waals surface area contributed by atoms with E-state index in [0.29, 0.717) is 22.7 Å². The van der Waals surface area contributed by atoms with E-state index < -0.39 is 0 Å². The van der Waals surface area contributed by atoms with Gasteiger partial charge in [0.05, 0.1) is 5.69 Å². The molecule has 3 nitrogen and oxygen atoms in total. The molecule has 1 aliphatic carbocycles. The third-order valence-corrected chi connectivity index (χ3v) is 6.97. The number of nitrogens with zero attached hydrogens (tertiary/aromatic N) is 1. The highest BCUT2D eigenvalue weighted by molar-refractivity contribution is 6.35. The highest BCUT2D eigenvalue weighted by Crippen LogP contribution is 2.36. The van der Waals surface area contributed by atoms with Gasteiger partial charge in [0.25, 0.3) is 11.8 Å². The van der Waals surface area contributed by atoms with Crippen LogP contribution in [-0.2, 0) is 0 Å². The molecule has 0 N–H and O–H groups in total. The summed E-state index contributed by atoms with van der Waals surface area (Å²) in [7, 11) is 0. The molecule has 0 spiro atoms. The van der Waals surface area contributed by atoms with Crippen LogP contribution in [0.5, 0.6) is 0 Å². The molecule has 32 heavy (non-hydrogen) atoms. The molecule has 1 saturated carbocycles. The zero-order valence-corrected chi connectivity index (χ0v) is 17.8. The summed E-state index contributed by atoms with van der Waals surface area (Å²) in [4.78, 5) is 27.8. The SMILES string of the molecule is O=C1c2cccc3cccc(c23)C(=O)N1c1ccc(-c2ccc(C3CCCC3)cc2)cc1. The molecule has 6 rings (SSSR count). The normalized spacial score (nSPS) is 16.2. The first kappa shape index (κ1) is 19.0. The average molecular weight is 418 g/mol. The van der Waals surface area contributed by atoms with E-state index in [2.05, 4.69) is 24.3 Å². The molecule has 0 saturated heterocycles. The van der Waals surface area contributed by atoms with Gasteiger partial charge in [0.15, 0.2) is 0 Å². The lowest BCUT2D eigenvalue weighted by Gasteiger charge is -2.27. The van der Waals surface area contributed by atoms with Crippen molar-refractivity contribution < 1.29 is 9.59 Å². The number of amides is 2. The van der Waals surface area contributed by atoms with Gasteiger partial charge in [-0.25, -0.2) is 4.90 Å². The molecule has 2 aliphatic rings. The maximum Gasteiger partial charge on any atom is 0.265 e. The fraction of sp³-hybridized carbons (Fsp3) is 0.172. The Hall–Kier alpha value is -3.72. The number of imide groups is 1. The summed E-state index contributed by atoms with van der Waals surface area (Å²) in [6, 6.07) is 27.8. The molecule has 2 amide bonds. The van der Waals surface area contributed by atoms with Crippen molar-refractivity contribution in [2.75, 3.05) is 4.90 Å². The topological polar surface area (TPSA) is 37.4 Å². The first-order valence-electron chi connectivity index (χ1n) is 11.3. The van der Waals surface area contributed by atoms with Crippen molar-refractivity contribution in [2.45, 2.75) is 31.6 Å². The van der Waals surface area contributed by atoms with Crippen LogP contribution in [-0.4, -0.2) is 11.8 Å². The summed E-state index contributed by atoms with van der Waals surface area (Å²) in [5, 5.41) is 1.66. The maximum atomic E-state index is 13.2. The number of anilines is 1. The molecule has 0 aromatic heterocycles. The molecule has 0 atom stereocenters. The van der Waals surface area contributed by atoms with Crippen LogP contribution in [0.4, 0.5) is 5.69 Å². The molecular weight excluding hydrogens is 394 g/mol. The van der Waals surface area contributed by atoms with E-state index in [1.165, 1.54) is 36.1 Å². The summed E-state index contributed by atoms with van der Waals surface area (Å²) in [6.07, 6.45) is 5.26. The van der Waals surface area contributed by atoms with Gasteiger partial charge in [0.2, 0.25) is 0 Å². The van der Waals surface area contributed by atoms with Crippen molar-refractivity contribution in [3.05, 3.63) is 102 Å². The predicted molar refractivity (Wildman–Crippen MR) is 128 cm³/mol. The second-order valence-corrected chi connectivity index (χ2v) is 8.81. The molecule has 156 valence electrons. The van der Waals surface area contributed by atoms with Gasteiger partial charge in [-0.2, -0.15) is 0 Å². The number of rotatable bonds is 3. The molecular formula is C29H23NO2. The average Bonchev–Trinajstić information content (AvgIpc) is 3.38. The Bertz CT molecular complexity index is 1300. The molecule has 0 bridgehead atoms. The van der Waals surface area contributed by atoms with Crippen LogP contribution in [0, 0.1) is 0 Å². The van der Waals surface area contributed by atoms with Crippen molar-refractivity contribution in [1.29, 1.82) is 0 Å².